The highest BCUT2D eigenvalue weighted by Gasteiger charge is 2.35. The molecule has 0 bridgehead atoms. The summed E-state index contributed by atoms with van der Waals surface area (Å²) in [6.45, 7) is -0.366. The van der Waals surface area contributed by atoms with E-state index in [0.717, 1.165) is 11.1 Å². The Hall–Kier alpha value is -3.75. The van der Waals surface area contributed by atoms with Gasteiger partial charge in [0.05, 0.1) is 17.6 Å². The van der Waals surface area contributed by atoms with Crippen molar-refractivity contribution in [2.24, 2.45) is 0 Å². The molecule has 1 atom stereocenters. The molecular weight excluding hydrogens is 380 g/mol. The minimum Gasteiger partial charge on any atom is -0.467 e. The maximum Gasteiger partial charge on any atom is 0.338 e. The molecule has 3 rings (SSSR count). The largest absolute Gasteiger partial charge is 0.467 e. The standard InChI is InChI=1S/C20H18N2O7/c1-28-20(25)17-10-14-4-2-3-5-15(14)11-21(17)18(23)12-29-19(24)13-6-8-16(9-7-13)22(26)27/h2-9,17H,10-12H2,1H3/t17-/m0/s1. The Balaban J connectivity index is 1.68. The monoisotopic (exact) mass is 398 g/mol. The van der Waals surface area contributed by atoms with Gasteiger partial charge >= 0.3 is 11.9 Å². The molecule has 0 radical (unpaired) electrons. The Kier molecular flexibility index (Phi) is 5.87. The molecule has 0 aromatic heterocycles. The second-order valence-corrected chi connectivity index (χ2v) is 6.41. The van der Waals surface area contributed by atoms with Gasteiger partial charge in [-0.1, -0.05) is 24.3 Å². The van der Waals surface area contributed by atoms with Gasteiger partial charge in [-0.3, -0.25) is 14.9 Å². The number of hydrogen-bond acceptors (Lipinski definition) is 7. The zero-order valence-corrected chi connectivity index (χ0v) is 15.6. The summed E-state index contributed by atoms with van der Waals surface area (Å²) in [5.74, 6) is -1.88. The maximum absolute atomic E-state index is 12.7. The second kappa shape index (κ2) is 8.51. The van der Waals surface area contributed by atoms with Gasteiger partial charge in [0.1, 0.15) is 6.04 Å². The molecule has 1 heterocycles. The molecule has 29 heavy (non-hydrogen) atoms. The van der Waals surface area contributed by atoms with Crippen LogP contribution in [0, 0.1) is 10.1 Å². The van der Waals surface area contributed by atoms with Crippen molar-refractivity contribution in [1.82, 2.24) is 4.90 Å². The molecular formula is C20H18N2O7. The van der Waals surface area contributed by atoms with Crippen LogP contribution in [0.4, 0.5) is 5.69 Å². The average molecular weight is 398 g/mol. The van der Waals surface area contributed by atoms with Crippen molar-refractivity contribution in [1.29, 1.82) is 0 Å². The van der Waals surface area contributed by atoms with Gasteiger partial charge in [0.2, 0.25) is 0 Å². The Bertz CT molecular complexity index is 956. The summed E-state index contributed by atoms with van der Waals surface area (Å²) in [4.78, 5) is 48.4. The number of amides is 1. The molecule has 0 spiro atoms. The van der Waals surface area contributed by atoms with Crippen molar-refractivity contribution in [2.75, 3.05) is 13.7 Å². The van der Waals surface area contributed by atoms with E-state index in [9.17, 15) is 24.5 Å². The third-order valence-corrected chi connectivity index (χ3v) is 4.68. The lowest BCUT2D eigenvalue weighted by atomic mass is 9.94. The predicted octanol–water partition coefficient (Wildman–Crippen LogP) is 1.88. The lowest BCUT2D eigenvalue weighted by Crippen LogP contribution is -2.50. The van der Waals surface area contributed by atoms with Gasteiger partial charge in [-0.05, 0) is 23.3 Å². The van der Waals surface area contributed by atoms with Crippen LogP contribution in [0.3, 0.4) is 0 Å². The van der Waals surface area contributed by atoms with Crippen LogP contribution >= 0.6 is 0 Å². The normalized spacial score (nSPS) is 15.2. The lowest BCUT2D eigenvalue weighted by molar-refractivity contribution is -0.384. The summed E-state index contributed by atoms with van der Waals surface area (Å²) in [6, 6.07) is 11.5. The van der Waals surface area contributed by atoms with Crippen LogP contribution in [0.15, 0.2) is 48.5 Å². The number of non-ortho nitro benzene ring substituents is 1. The van der Waals surface area contributed by atoms with Crippen LogP contribution in [0.1, 0.15) is 21.5 Å². The highest BCUT2D eigenvalue weighted by atomic mass is 16.6. The summed E-state index contributed by atoms with van der Waals surface area (Å²) >= 11 is 0. The molecule has 2 aromatic carbocycles. The highest BCUT2D eigenvalue weighted by Crippen LogP contribution is 2.24. The van der Waals surface area contributed by atoms with E-state index in [-0.39, 0.29) is 17.8 Å². The molecule has 2 aromatic rings. The highest BCUT2D eigenvalue weighted by molar-refractivity contribution is 5.92. The first-order valence-corrected chi connectivity index (χ1v) is 8.76. The molecule has 0 N–H and O–H groups in total. The van der Waals surface area contributed by atoms with Crippen molar-refractivity contribution < 1.29 is 28.8 Å². The van der Waals surface area contributed by atoms with E-state index in [2.05, 4.69) is 0 Å². The Morgan fingerprint density at radius 1 is 1.10 bits per heavy atom. The summed E-state index contributed by atoms with van der Waals surface area (Å²) in [7, 11) is 1.25. The molecule has 0 saturated carbocycles. The molecule has 9 nitrogen and oxygen atoms in total. The molecule has 0 saturated heterocycles. The Labute approximate surface area is 166 Å². The van der Waals surface area contributed by atoms with Crippen molar-refractivity contribution in [2.45, 2.75) is 19.0 Å². The van der Waals surface area contributed by atoms with Crippen LogP contribution < -0.4 is 0 Å². The number of benzene rings is 2. The lowest BCUT2D eigenvalue weighted by Gasteiger charge is -2.35. The molecule has 1 amide bonds. The molecule has 150 valence electrons. The number of fused-ring (bicyclic) bond motifs is 1. The second-order valence-electron chi connectivity index (χ2n) is 6.41. The topological polar surface area (TPSA) is 116 Å². The fourth-order valence-corrected chi connectivity index (χ4v) is 3.14. The minimum atomic E-state index is -0.805. The number of methoxy groups -OCH3 is 1. The van der Waals surface area contributed by atoms with Crippen LogP contribution in [0.25, 0.3) is 0 Å². The number of esters is 2. The maximum atomic E-state index is 12.7. The number of carbonyl (C=O) groups is 3. The number of rotatable bonds is 5. The zero-order valence-electron chi connectivity index (χ0n) is 15.6. The first-order valence-electron chi connectivity index (χ1n) is 8.76. The van der Waals surface area contributed by atoms with Gasteiger partial charge in [0.15, 0.2) is 6.61 Å². The van der Waals surface area contributed by atoms with E-state index in [0.29, 0.717) is 6.42 Å². The van der Waals surface area contributed by atoms with Gasteiger partial charge in [-0.15, -0.1) is 0 Å². The fourth-order valence-electron chi connectivity index (χ4n) is 3.14. The van der Waals surface area contributed by atoms with Crippen molar-refractivity contribution in [3.63, 3.8) is 0 Å². The molecule has 1 aliphatic rings. The molecule has 0 fully saturated rings. The average Bonchev–Trinajstić information content (AvgIpc) is 2.75. The molecule has 1 aliphatic heterocycles. The fraction of sp³-hybridized carbons (Fsp3) is 0.250. The van der Waals surface area contributed by atoms with E-state index in [4.69, 9.17) is 9.47 Å². The first-order chi connectivity index (χ1) is 13.9. The Morgan fingerprint density at radius 2 is 1.76 bits per heavy atom. The van der Waals surface area contributed by atoms with Crippen LogP contribution in [0.2, 0.25) is 0 Å². The van der Waals surface area contributed by atoms with Crippen LogP contribution in [-0.2, 0) is 32.0 Å². The smallest absolute Gasteiger partial charge is 0.338 e. The summed E-state index contributed by atoms with van der Waals surface area (Å²) in [5, 5.41) is 10.7. The number of ether oxygens (including phenoxy) is 2. The minimum absolute atomic E-state index is 0.0805. The summed E-state index contributed by atoms with van der Waals surface area (Å²) in [6.07, 6.45) is 0.310. The van der Waals surface area contributed by atoms with Crippen molar-refractivity contribution >= 4 is 23.5 Å². The van der Waals surface area contributed by atoms with E-state index < -0.39 is 35.4 Å². The van der Waals surface area contributed by atoms with Crippen molar-refractivity contribution in [3.05, 3.63) is 75.3 Å². The number of nitro groups is 1. The van der Waals surface area contributed by atoms with Crippen LogP contribution in [0.5, 0.6) is 0 Å². The van der Waals surface area contributed by atoms with Crippen LogP contribution in [-0.4, -0.2) is 47.4 Å². The number of nitro benzene ring substituents is 1. The molecule has 9 heteroatoms. The number of hydrogen-bond donors (Lipinski definition) is 0. The third-order valence-electron chi connectivity index (χ3n) is 4.68. The van der Waals surface area contributed by atoms with E-state index in [1.807, 2.05) is 24.3 Å². The van der Waals surface area contributed by atoms with Crippen molar-refractivity contribution in [3.8, 4) is 0 Å². The zero-order chi connectivity index (χ0) is 21.0. The quantitative estimate of drug-likeness (QED) is 0.429. The summed E-state index contributed by atoms with van der Waals surface area (Å²) < 4.78 is 9.86. The molecule has 0 aliphatic carbocycles. The van der Waals surface area contributed by atoms with Gasteiger partial charge in [0, 0.05) is 25.1 Å². The first kappa shape index (κ1) is 20.0. The Morgan fingerprint density at radius 3 is 2.38 bits per heavy atom. The predicted molar refractivity (Wildman–Crippen MR) is 99.9 cm³/mol. The third kappa shape index (κ3) is 4.40. The van der Waals surface area contributed by atoms with E-state index >= 15 is 0 Å². The van der Waals surface area contributed by atoms with Gasteiger partial charge in [0.25, 0.3) is 11.6 Å². The van der Waals surface area contributed by atoms with E-state index in [1.165, 1.54) is 36.3 Å². The summed E-state index contributed by atoms with van der Waals surface area (Å²) in [5.41, 5.74) is 1.78. The SMILES string of the molecule is COC(=O)[C@@H]1Cc2ccccc2CN1C(=O)COC(=O)c1ccc([N+](=O)[O-])cc1. The van der Waals surface area contributed by atoms with E-state index in [1.54, 1.807) is 0 Å². The van der Waals surface area contributed by atoms with Gasteiger partial charge in [-0.25, -0.2) is 9.59 Å². The number of carbonyl (C=O) groups excluding carboxylic acids is 3. The van der Waals surface area contributed by atoms with Gasteiger partial charge < -0.3 is 14.4 Å². The number of nitrogens with zero attached hydrogens (tertiary/aromatic N) is 2. The molecule has 0 unspecified atom stereocenters. The van der Waals surface area contributed by atoms with Gasteiger partial charge in [-0.2, -0.15) is 0 Å².